The Morgan fingerprint density at radius 1 is 1.15 bits per heavy atom. The monoisotopic (exact) mass is 171 g/mol. The lowest BCUT2D eigenvalue weighted by Gasteiger charge is -1.85. The van der Waals surface area contributed by atoms with Gasteiger partial charge in [-0.25, -0.2) is 0 Å². The number of H-pyrrole nitrogens is 1. The van der Waals surface area contributed by atoms with E-state index in [-0.39, 0.29) is 0 Å². The first-order valence-electron chi connectivity index (χ1n) is 4.31. The molecule has 0 aliphatic heterocycles. The van der Waals surface area contributed by atoms with Crippen LogP contribution in [0.15, 0.2) is 34.9 Å². The zero-order valence-electron chi connectivity index (χ0n) is 7.29. The van der Waals surface area contributed by atoms with Crippen molar-refractivity contribution in [2.24, 2.45) is 0 Å². The van der Waals surface area contributed by atoms with Gasteiger partial charge in [0.1, 0.15) is 5.58 Å². The lowest BCUT2D eigenvalue weighted by atomic mass is 10.2. The molecule has 3 aromatic rings. The number of aromatic amines is 1. The molecule has 1 aromatic carbocycles. The molecular formula is C11H9NO. The van der Waals surface area contributed by atoms with E-state index in [0.717, 1.165) is 16.9 Å². The Kier molecular flexibility index (Phi) is 1.13. The number of aromatic nitrogens is 1. The van der Waals surface area contributed by atoms with Crippen LogP contribution >= 0.6 is 0 Å². The summed E-state index contributed by atoms with van der Waals surface area (Å²) < 4.78 is 5.69. The number of hydrogen-bond acceptors (Lipinski definition) is 1. The molecule has 0 atom stereocenters. The Balaban J connectivity index is 2.64. The number of nitrogens with one attached hydrogen (secondary N) is 1. The van der Waals surface area contributed by atoms with Gasteiger partial charge in [-0.2, -0.15) is 0 Å². The summed E-state index contributed by atoms with van der Waals surface area (Å²) >= 11 is 0. The van der Waals surface area contributed by atoms with Crippen LogP contribution in [-0.2, 0) is 0 Å². The van der Waals surface area contributed by atoms with E-state index in [1.807, 2.05) is 31.3 Å². The fourth-order valence-corrected chi connectivity index (χ4v) is 1.73. The van der Waals surface area contributed by atoms with Crippen molar-refractivity contribution < 1.29 is 4.42 Å². The van der Waals surface area contributed by atoms with Gasteiger partial charge in [-0.15, -0.1) is 0 Å². The van der Waals surface area contributed by atoms with E-state index in [2.05, 4.69) is 11.1 Å². The third kappa shape index (κ3) is 0.773. The molecule has 2 nitrogen and oxygen atoms in total. The van der Waals surface area contributed by atoms with E-state index >= 15 is 0 Å². The van der Waals surface area contributed by atoms with Crippen molar-refractivity contribution >= 4 is 21.9 Å². The molecule has 0 bridgehead atoms. The molecule has 0 aliphatic carbocycles. The summed E-state index contributed by atoms with van der Waals surface area (Å²) in [5, 5.41) is 2.36. The minimum absolute atomic E-state index is 0.963. The third-order valence-electron chi connectivity index (χ3n) is 2.41. The molecule has 0 fully saturated rings. The van der Waals surface area contributed by atoms with E-state index in [1.54, 1.807) is 0 Å². The Labute approximate surface area is 75.2 Å². The third-order valence-corrected chi connectivity index (χ3v) is 2.41. The van der Waals surface area contributed by atoms with Crippen LogP contribution < -0.4 is 0 Å². The van der Waals surface area contributed by atoms with Crippen molar-refractivity contribution in [2.75, 3.05) is 0 Å². The second kappa shape index (κ2) is 2.16. The summed E-state index contributed by atoms with van der Waals surface area (Å²) in [5.41, 5.74) is 3.03. The molecule has 0 unspecified atom stereocenters. The molecule has 2 aromatic heterocycles. The summed E-state index contributed by atoms with van der Waals surface area (Å²) in [6.45, 7) is 2.02. The van der Waals surface area contributed by atoms with Crippen LogP contribution in [0.5, 0.6) is 0 Å². The number of furan rings is 1. The topological polar surface area (TPSA) is 28.9 Å². The molecular weight excluding hydrogens is 162 g/mol. The molecule has 0 aliphatic rings. The van der Waals surface area contributed by atoms with Gasteiger partial charge in [-0.3, -0.25) is 0 Å². The van der Waals surface area contributed by atoms with Crippen molar-refractivity contribution in [2.45, 2.75) is 6.92 Å². The number of hydrogen-bond donors (Lipinski definition) is 1. The maximum Gasteiger partial charge on any atom is 0.155 e. The fourth-order valence-electron chi connectivity index (χ4n) is 1.73. The standard InChI is InChI=1S/C11H9NO/c1-7-11-9(6-12-7)8-4-2-3-5-10(8)13-11/h2-6,12H,1H3. The highest BCUT2D eigenvalue weighted by molar-refractivity contribution is 6.05. The molecule has 0 spiro atoms. The first kappa shape index (κ1) is 6.78. The van der Waals surface area contributed by atoms with Gasteiger partial charge in [0, 0.05) is 17.0 Å². The van der Waals surface area contributed by atoms with Crippen molar-refractivity contribution in [3.05, 3.63) is 36.2 Å². The molecule has 0 radical (unpaired) electrons. The Morgan fingerprint density at radius 2 is 2.00 bits per heavy atom. The molecule has 2 heteroatoms. The van der Waals surface area contributed by atoms with Crippen LogP contribution in [0.1, 0.15) is 5.69 Å². The smallest absolute Gasteiger partial charge is 0.155 e. The Hall–Kier alpha value is -1.70. The van der Waals surface area contributed by atoms with Crippen LogP contribution in [0.2, 0.25) is 0 Å². The van der Waals surface area contributed by atoms with Gasteiger partial charge in [-0.05, 0) is 13.0 Å². The van der Waals surface area contributed by atoms with Crippen molar-refractivity contribution in [1.29, 1.82) is 0 Å². The van der Waals surface area contributed by atoms with Crippen molar-refractivity contribution in [1.82, 2.24) is 4.98 Å². The molecule has 64 valence electrons. The van der Waals surface area contributed by atoms with Gasteiger partial charge in [0.05, 0.1) is 5.69 Å². The predicted octanol–water partition coefficient (Wildman–Crippen LogP) is 3.22. The Morgan fingerprint density at radius 3 is 2.92 bits per heavy atom. The van der Waals surface area contributed by atoms with E-state index < -0.39 is 0 Å². The van der Waals surface area contributed by atoms with Crippen molar-refractivity contribution in [3.8, 4) is 0 Å². The van der Waals surface area contributed by atoms with Gasteiger partial charge in [0.2, 0.25) is 0 Å². The molecule has 3 rings (SSSR count). The summed E-state index contributed by atoms with van der Waals surface area (Å²) in [6.07, 6.45) is 2.00. The molecule has 0 saturated heterocycles. The van der Waals surface area contributed by atoms with Gasteiger partial charge in [-0.1, -0.05) is 18.2 Å². The normalized spacial score (nSPS) is 11.5. The van der Waals surface area contributed by atoms with Crippen LogP contribution in [0, 0.1) is 6.92 Å². The number of fused-ring (bicyclic) bond motifs is 3. The van der Waals surface area contributed by atoms with Crippen LogP contribution in [0.3, 0.4) is 0 Å². The van der Waals surface area contributed by atoms with Crippen LogP contribution in [-0.4, -0.2) is 4.98 Å². The highest BCUT2D eigenvalue weighted by Gasteiger charge is 2.08. The molecule has 1 N–H and O–H groups in total. The van der Waals surface area contributed by atoms with Gasteiger partial charge < -0.3 is 9.40 Å². The molecule has 13 heavy (non-hydrogen) atoms. The number of para-hydroxylation sites is 1. The van der Waals surface area contributed by atoms with E-state index in [4.69, 9.17) is 4.42 Å². The Bertz CT molecular complexity index is 574. The first-order valence-corrected chi connectivity index (χ1v) is 4.31. The minimum atomic E-state index is 0.963. The quantitative estimate of drug-likeness (QED) is 0.552. The largest absolute Gasteiger partial charge is 0.454 e. The lowest BCUT2D eigenvalue weighted by molar-refractivity contribution is 0.665. The predicted molar refractivity (Wildman–Crippen MR) is 52.8 cm³/mol. The van der Waals surface area contributed by atoms with Crippen molar-refractivity contribution in [3.63, 3.8) is 0 Å². The minimum Gasteiger partial charge on any atom is -0.454 e. The summed E-state index contributed by atoms with van der Waals surface area (Å²) in [6, 6.07) is 8.09. The summed E-state index contributed by atoms with van der Waals surface area (Å²) in [4.78, 5) is 3.15. The molecule has 0 saturated carbocycles. The average Bonchev–Trinajstić information content (AvgIpc) is 2.67. The number of benzene rings is 1. The van der Waals surface area contributed by atoms with Crippen LogP contribution in [0.25, 0.3) is 21.9 Å². The highest BCUT2D eigenvalue weighted by atomic mass is 16.3. The zero-order chi connectivity index (χ0) is 8.84. The SMILES string of the molecule is Cc1[nH]cc2c1oc1ccccc12. The zero-order valence-corrected chi connectivity index (χ0v) is 7.29. The van der Waals surface area contributed by atoms with E-state index in [0.29, 0.717) is 0 Å². The fraction of sp³-hybridized carbons (Fsp3) is 0.0909. The first-order chi connectivity index (χ1) is 6.36. The molecule has 2 heterocycles. The van der Waals surface area contributed by atoms with E-state index in [1.165, 1.54) is 10.8 Å². The summed E-state index contributed by atoms with van der Waals surface area (Å²) in [5.74, 6) is 0. The second-order valence-electron chi connectivity index (χ2n) is 3.25. The lowest BCUT2D eigenvalue weighted by Crippen LogP contribution is -1.65. The van der Waals surface area contributed by atoms with Gasteiger partial charge in [0.15, 0.2) is 5.58 Å². The highest BCUT2D eigenvalue weighted by Crippen LogP contribution is 2.29. The van der Waals surface area contributed by atoms with Gasteiger partial charge >= 0.3 is 0 Å². The molecule has 0 amide bonds. The van der Waals surface area contributed by atoms with E-state index in [9.17, 15) is 0 Å². The number of aryl methyl sites for hydroxylation is 1. The van der Waals surface area contributed by atoms with Gasteiger partial charge in [0.25, 0.3) is 0 Å². The maximum atomic E-state index is 5.69. The number of rotatable bonds is 0. The summed E-state index contributed by atoms with van der Waals surface area (Å²) in [7, 11) is 0. The average molecular weight is 171 g/mol. The van der Waals surface area contributed by atoms with Crippen LogP contribution in [0.4, 0.5) is 0 Å². The second-order valence-corrected chi connectivity index (χ2v) is 3.25. The maximum absolute atomic E-state index is 5.69.